The number of ether oxygens (including phenoxy) is 3. The highest BCUT2D eigenvalue weighted by atomic mass is 16.5. The minimum absolute atomic E-state index is 0.181. The van der Waals surface area contributed by atoms with Crippen molar-refractivity contribution in [3.8, 4) is 0 Å². The first-order chi connectivity index (χ1) is 7.68. The molecular formula is C12H25NO4. The van der Waals surface area contributed by atoms with E-state index in [0.29, 0.717) is 13.0 Å². The predicted molar refractivity (Wildman–Crippen MR) is 65.9 cm³/mol. The van der Waals surface area contributed by atoms with E-state index in [1.54, 1.807) is 7.11 Å². The molecular weight excluding hydrogens is 222 g/mol. The average molecular weight is 247 g/mol. The Bertz CT molecular complexity index is 239. The summed E-state index contributed by atoms with van der Waals surface area (Å²) in [5.74, 6) is 0. The van der Waals surface area contributed by atoms with Gasteiger partial charge in [-0.1, -0.05) is 0 Å². The molecule has 5 heteroatoms. The van der Waals surface area contributed by atoms with Gasteiger partial charge in [0.25, 0.3) is 0 Å². The van der Waals surface area contributed by atoms with Crippen LogP contribution < -0.4 is 5.73 Å². The van der Waals surface area contributed by atoms with Crippen molar-refractivity contribution in [2.24, 2.45) is 5.73 Å². The lowest BCUT2D eigenvalue weighted by atomic mass is 10.0. The first kappa shape index (κ1) is 16.2. The monoisotopic (exact) mass is 247 g/mol. The zero-order valence-electron chi connectivity index (χ0n) is 11.5. The molecule has 0 rings (SSSR count). The lowest BCUT2D eigenvalue weighted by Gasteiger charge is -2.28. The van der Waals surface area contributed by atoms with Gasteiger partial charge in [0.15, 0.2) is 0 Å². The van der Waals surface area contributed by atoms with Crippen molar-refractivity contribution in [3.05, 3.63) is 0 Å². The molecule has 0 aromatic rings. The fraction of sp³-hybridized carbons (Fsp3) is 0.917. The lowest BCUT2D eigenvalue weighted by molar-refractivity contribution is -0.0660. The number of rotatable bonds is 8. The Hall–Kier alpha value is -0.810. The third-order valence-electron chi connectivity index (χ3n) is 2.70. The minimum atomic E-state index is -0.749. The van der Waals surface area contributed by atoms with Gasteiger partial charge >= 0.3 is 6.09 Å². The number of amides is 1. The second-order valence-corrected chi connectivity index (χ2v) is 5.24. The summed E-state index contributed by atoms with van der Waals surface area (Å²) in [5.41, 5.74) is 4.36. The van der Waals surface area contributed by atoms with Gasteiger partial charge in [-0.25, -0.2) is 4.79 Å². The first-order valence-electron chi connectivity index (χ1n) is 5.80. The molecule has 17 heavy (non-hydrogen) atoms. The van der Waals surface area contributed by atoms with Crippen LogP contribution in [0.15, 0.2) is 0 Å². The molecule has 0 heterocycles. The van der Waals surface area contributed by atoms with Gasteiger partial charge in [0.05, 0.1) is 24.4 Å². The van der Waals surface area contributed by atoms with Crippen LogP contribution in [0, 0.1) is 0 Å². The third kappa shape index (κ3) is 8.94. The van der Waals surface area contributed by atoms with Crippen LogP contribution in [0.5, 0.6) is 0 Å². The van der Waals surface area contributed by atoms with Crippen molar-refractivity contribution < 1.29 is 19.0 Å². The van der Waals surface area contributed by atoms with Crippen molar-refractivity contribution in [1.82, 2.24) is 0 Å². The van der Waals surface area contributed by atoms with Crippen LogP contribution in [0.1, 0.15) is 40.5 Å². The summed E-state index contributed by atoms with van der Waals surface area (Å²) in [6, 6.07) is 0. The maximum absolute atomic E-state index is 10.4. The molecule has 0 aliphatic carbocycles. The number of carbonyl (C=O) groups is 1. The van der Waals surface area contributed by atoms with Crippen LogP contribution in [0.25, 0.3) is 0 Å². The van der Waals surface area contributed by atoms with Gasteiger partial charge < -0.3 is 19.9 Å². The molecule has 1 amide bonds. The van der Waals surface area contributed by atoms with Gasteiger partial charge in [-0.3, -0.25) is 0 Å². The van der Waals surface area contributed by atoms with Crippen molar-refractivity contribution in [2.75, 3.05) is 20.3 Å². The SMILES string of the molecule is COC(C)(C)CCOC(C)(C)CCOC(N)=O. The van der Waals surface area contributed by atoms with Gasteiger partial charge in [0.2, 0.25) is 0 Å². The summed E-state index contributed by atoms with van der Waals surface area (Å²) in [4.78, 5) is 10.4. The molecule has 0 aliphatic heterocycles. The van der Waals surface area contributed by atoms with Gasteiger partial charge in [-0.15, -0.1) is 0 Å². The van der Waals surface area contributed by atoms with Gasteiger partial charge in [0, 0.05) is 13.5 Å². The molecule has 0 spiro atoms. The first-order valence-corrected chi connectivity index (χ1v) is 5.80. The molecule has 0 aromatic heterocycles. The van der Waals surface area contributed by atoms with Gasteiger partial charge in [-0.05, 0) is 34.1 Å². The highest BCUT2D eigenvalue weighted by molar-refractivity contribution is 5.64. The van der Waals surface area contributed by atoms with E-state index in [2.05, 4.69) is 4.74 Å². The third-order valence-corrected chi connectivity index (χ3v) is 2.70. The summed E-state index contributed by atoms with van der Waals surface area (Å²) < 4.78 is 15.7. The zero-order valence-corrected chi connectivity index (χ0v) is 11.5. The van der Waals surface area contributed by atoms with E-state index < -0.39 is 6.09 Å². The number of methoxy groups -OCH3 is 1. The summed E-state index contributed by atoms with van der Waals surface area (Å²) in [5, 5.41) is 0. The molecule has 2 N–H and O–H groups in total. The maximum atomic E-state index is 10.4. The van der Waals surface area contributed by atoms with E-state index in [1.165, 1.54) is 0 Å². The average Bonchev–Trinajstić information content (AvgIpc) is 2.16. The second-order valence-electron chi connectivity index (χ2n) is 5.24. The van der Waals surface area contributed by atoms with E-state index in [4.69, 9.17) is 15.2 Å². The quantitative estimate of drug-likeness (QED) is 0.713. The summed E-state index contributed by atoms with van der Waals surface area (Å²) in [6.07, 6.45) is 0.675. The van der Waals surface area contributed by atoms with Crippen molar-refractivity contribution in [3.63, 3.8) is 0 Å². The highest BCUT2D eigenvalue weighted by Gasteiger charge is 2.22. The number of hydrogen-bond donors (Lipinski definition) is 1. The predicted octanol–water partition coefficient (Wildman–Crippen LogP) is 2.08. The Kier molecular flexibility index (Phi) is 6.49. The smallest absolute Gasteiger partial charge is 0.404 e. The molecule has 0 aliphatic rings. The normalized spacial score (nSPS) is 12.5. The molecule has 5 nitrogen and oxygen atoms in total. The van der Waals surface area contributed by atoms with Gasteiger partial charge in [-0.2, -0.15) is 0 Å². The number of carbonyl (C=O) groups excluding carboxylic acids is 1. The number of nitrogens with two attached hydrogens (primary N) is 1. The number of primary amides is 1. The second kappa shape index (κ2) is 6.81. The number of hydrogen-bond acceptors (Lipinski definition) is 4. The molecule has 102 valence electrons. The fourth-order valence-corrected chi connectivity index (χ4v) is 1.14. The molecule has 0 atom stereocenters. The largest absolute Gasteiger partial charge is 0.450 e. The molecule has 0 bridgehead atoms. The van der Waals surface area contributed by atoms with Crippen LogP contribution in [-0.2, 0) is 14.2 Å². The lowest BCUT2D eigenvalue weighted by Crippen LogP contribution is -2.31. The van der Waals surface area contributed by atoms with E-state index >= 15 is 0 Å². The minimum Gasteiger partial charge on any atom is -0.450 e. The van der Waals surface area contributed by atoms with Gasteiger partial charge in [0.1, 0.15) is 0 Å². The molecule has 0 unspecified atom stereocenters. The van der Waals surface area contributed by atoms with E-state index in [1.807, 2.05) is 27.7 Å². The highest BCUT2D eigenvalue weighted by Crippen LogP contribution is 2.18. The molecule has 0 saturated carbocycles. The van der Waals surface area contributed by atoms with Crippen LogP contribution in [0.3, 0.4) is 0 Å². The molecule has 0 aromatic carbocycles. The summed E-state index contributed by atoms with van der Waals surface area (Å²) in [6.45, 7) is 8.81. The molecule has 0 fully saturated rings. The van der Waals surface area contributed by atoms with E-state index in [-0.39, 0.29) is 17.8 Å². The van der Waals surface area contributed by atoms with Crippen LogP contribution >= 0.6 is 0 Å². The Labute approximate surface area is 104 Å². The Balaban J connectivity index is 3.81. The standard InChI is InChI=1S/C12H25NO4/c1-11(2,15-5)7-9-17-12(3,4)6-8-16-10(13)14/h6-9H2,1-5H3,(H2,13,14). The summed E-state index contributed by atoms with van der Waals surface area (Å²) >= 11 is 0. The fourth-order valence-electron chi connectivity index (χ4n) is 1.14. The Morgan fingerprint density at radius 2 is 1.59 bits per heavy atom. The van der Waals surface area contributed by atoms with E-state index in [9.17, 15) is 4.79 Å². The van der Waals surface area contributed by atoms with Crippen molar-refractivity contribution in [1.29, 1.82) is 0 Å². The van der Waals surface area contributed by atoms with Crippen molar-refractivity contribution in [2.45, 2.75) is 51.7 Å². The Morgan fingerprint density at radius 1 is 1.06 bits per heavy atom. The van der Waals surface area contributed by atoms with Crippen molar-refractivity contribution >= 4 is 6.09 Å². The Morgan fingerprint density at radius 3 is 2.06 bits per heavy atom. The maximum Gasteiger partial charge on any atom is 0.404 e. The van der Waals surface area contributed by atoms with Crippen LogP contribution in [-0.4, -0.2) is 37.6 Å². The molecule has 0 saturated heterocycles. The summed E-state index contributed by atoms with van der Waals surface area (Å²) in [7, 11) is 1.69. The van der Waals surface area contributed by atoms with Crippen LogP contribution in [0.4, 0.5) is 4.79 Å². The topological polar surface area (TPSA) is 70.8 Å². The molecule has 0 radical (unpaired) electrons. The zero-order chi connectivity index (χ0) is 13.5. The van der Waals surface area contributed by atoms with Crippen LogP contribution in [0.2, 0.25) is 0 Å². The van der Waals surface area contributed by atoms with E-state index in [0.717, 1.165) is 6.42 Å².